The van der Waals surface area contributed by atoms with Crippen LogP contribution < -0.4 is 0 Å². The Labute approximate surface area is 248 Å². The lowest BCUT2D eigenvalue weighted by Crippen LogP contribution is -2.41. The lowest BCUT2D eigenvalue weighted by atomic mass is 9.55. The van der Waals surface area contributed by atoms with Crippen molar-refractivity contribution in [3.63, 3.8) is 0 Å². The van der Waals surface area contributed by atoms with Crippen molar-refractivity contribution < 1.29 is 28.7 Å². The molecule has 5 aromatic rings. The van der Waals surface area contributed by atoms with Crippen LogP contribution in [-0.2, 0) is 28.7 Å². The smallest absolute Gasteiger partial charge is 0.338 e. The van der Waals surface area contributed by atoms with Crippen molar-refractivity contribution in [1.82, 2.24) is 0 Å². The maximum absolute atomic E-state index is 12.2. The van der Waals surface area contributed by atoms with Crippen molar-refractivity contribution in [3.8, 4) is 0 Å². The van der Waals surface area contributed by atoms with E-state index in [-0.39, 0.29) is 43.0 Å². The summed E-state index contributed by atoms with van der Waals surface area (Å²) in [7, 11) is 0. The second kappa shape index (κ2) is 11.1. The monoisotopic (exact) mass is 568 g/mol. The van der Waals surface area contributed by atoms with Crippen molar-refractivity contribution in [2.24, 2.45) is 11.8 Å². The Hall–Kier alpha value is -5.36. The maximum atomic E-state index is 12.2. The summed E-state index contributed by atoms with van der Waals surface area (Å²) >= 11 is 0. The third-order valence-electron chi connectivity index (χ3n) is 8.35. The molecule has 6 heteroatoms. The molecule has 212 valence electrons. The third-order valence-corrected chi connectivity index (χ3v) is 8.35. The number of cyclic esters (lactones) is 4. The van der Waals surface area contributed by atoms with E-state index in [0.29, 0.717) is 0 Å². The summed E-state index contributed by atoms with van der Waals surface area (Å²) in [5.41, 5.74) is 4.70. The normalized spacial score (nSPS) is 21.8. The van der Waals surface area contributed by atoms with Gasteiger partial charge in [-0.1, -0.05) is 104 Å². The van der Waals surface area contributed by atoms with Gasteiger partial charge in [0.1, 0.15) is 0 Å². The molecule has 2 unspecified atom stereocenters. The Bertz CT molecular complexity index is 1720. The summed E-state index contributed by atoms with van der Waals surface area (Å²) < 4.78 is 8.95. The Morgan fingerprint density at radius 1 is 0.419 bits per heavy atom. The molecular weight excluding hydrogens is 540 g/mol. The van der Waals surface area contributed by atoms with Crippen LogP contribution in [0.5, 0.6) is 0 Å². The molecule has 0 aromatic heterocycles. The Morgan fingerprint density at radius 3 is 1.00 bits per heavy atom. The second-order valence-corrected chi connectivity index (χ2v) is 10.6. The van der Waals surface area contributed by atoms with Gasteiger partial charge in [-0.05, 0) is 55.9 Å². The van der Waals surface area contributed by atoms with E-state index in [1.165, 1.54) is 43.8 Å². The van der Waals surface area contributed by atoms with E-state index in [4.69, 9.17) is 4.74 Å². The van der Waals surface area contributed by atoms with Crippen LogP contribution in [0, 0.1) is 11.8 Å². The minimum absolute atomic E-state index is 0. The molecule has 5 aliphatic rings. The lowest BCUT2D eigenvalue weighted by molar-refractivity contribution is -0.154. The van der Waals surface area contributed by atoms with E-state index >= 15 is 0 Å². The third kappa shape index (κ3) is 4.81. The second-order valence-electron chi connectivity index (χ2n) is 10.6. The first-order chi connectivity index (χ1) is 20.5. The molecule has 1 fully saturated rings. The zero-order chi connectivity index (χ0) is 28.8. The summed E-state index contributed by atoms with van der Waals surface area (Å²) in [4.78, 5) is 44.2. The molecule has 0 spiro atoms. The lowest BCUT2D eigenvalue weighted by Gasteiger charge is -2.45. The van der Waals surface area contributed by atoms with E-state index in [1.807, 2.05) is 24.3 Å². The molecule has 10 rings (SSSR count). The van der Waals surface area contributed by atoms with Crippen LogP contribution in [0.2, 0.25) is 0 Å². The highest BCUT2D eigenvalue weighted by Crippen LogP contribution is 2.60. The van der Waals surface area contributed by atoms with E-state index in [0.717, 1.165) is 12.2 Å². The molecule has 43 heavy (non-hydrogen) atoms. The van der Waals surface area contributed by atoms with Gasteiger partial charge in [-0.2, -0.15) is 0 Å². The highest BCUT2D eigenvalue weighted by Gasteiger charge is 2.60. The molecule has 6 nitrogen and oxygen atoms in total. The Kier molecular flexibility index (Phi) is 7.20. The highest BCUT2D eigenvalue weighted by molar-refractivity contribution is 6.05. The van der Waals surface area contributed by atoms with Crippen LogP contribution in [0.3, 0.4) is 0 Å². The predicted octanol–water partition coefficient (Wildman–Crippen LogP) is 6.85. The summed E-state index contributed by atoms with van der Waals surface area (Å²) in [6.45, 7) is 0. The number of carbonyl (C=O) groups is 4. The molecule has 5 aromatic carbocycles. The molecule has 1 saturated heterocycles. The molecule has 0 amide bonds. The SMILES string of the molecule is C.O=C1C=CC(=O)O1.O=C1OC(=O)C2C3c4ccccc4C(c4ccccc43)C12.c1ccc2cc3ccccc3cc2c1. The number of fused-ring (bicyclic) bond motifs is 2. The van der Waals surface area contributed by atoms with Crippen molar-refractivity contribution in [2.45, 2.75) is 19.3 Å². The average Bonchev–Trinajstić information content (AvgIpc) is 3.56. The van der Waals surface area contributed by atoms with Gasteiger partial charge in [0, 0.05) is 24.0 Å². The fourth-order valence-electron chi connectivity index (χ4n) is 6.66. The van der Waals surface area contributed by atoms with Crippen LogP contribution in [-0.4, -0.2) is 23.9 Å². The summed E-state index contributed by atoms with van der Waals surface area (Å²) in [5, 5.41) is 5.25. The first-order valence-electron chi connectivity index (χ1n) is 13.7. The number of esters is 4. The predicted molar refractivity (Wildman–Crippen MR) is 163 cm³/mol. The van der Waals surface area contributed by atoms with Gasteiger partial charge in [-0.15, -0.1) is 0 Å². The molecule has 0 N–H and O–H groups in total. The largest absolute Gasteiger partial charge is 0.393 e. The summed E-state index contributed by atoms with van der Waals surface area (Å²) in [6.07, 6.45) is 2.17. The summed E-state index contributed by atoms with van der Waals surface area (Å²) in [6, 6.07) is 37.7. The van der Waals surface area contributed by atoms with Gasteiger partial charge in [0.25, 0.3) is 0 Å². The van der Waals surface area contributed by atoms with Gasteiger partial charge in [0.15, 0.2) is 0 Å². The minimum Gasteiger partial charge on any atom is -0.393 e. The average molecular weight is 569 g/mol. The molecule has 2 bridgehead atoms. The number of benzene rings is 5. The first kappa shape index (κ1) is 27.8. The Balaban J connectivity index is 0.000000129. The first-order valence-corrected chi connectivity index (χ1v) is 13.7. The van der Waals surface area contributed by atoms with E-state index in [9.17, 15) is 19.2 Å². The number of ether oxygens (including phenoxy) is 2. The van der Waals surface area contributed by atoms with E-state index in [1.54, 1.807) is 0 Å². The molecule has 2 atom stereocenters. The molecular formula is C37H28O6. The summed E-state index contributed by atoms with van der Waals surface area (Å²) in [5.74, 6) is -2.68. The van der Waals surface area contributed by atoms with Crippen LogP contribution in [0.4, 0.5) is 0 Å². The highest BCUT2D eigenvalue weighted by atomic mass is 16.6. The van der Waals surface area contributed by atoms with Crippen LogP contribution >= 0.6 is 0 Å². The van der Waals surface area contributed by atoms with Gasteiger partial charge in [0.05, 0.1) is 11.8 Å². The standard InChI is InChI=1S/C18H12O3.C14H10.C4H2O3.CH4/c19-17-15-13-9-5-1-2-6-10(9)14(16(15)18(20)21-17)12-8-4-3-7-11(12)13;1-2-6-12-10-14-8-4-3-7-13(14)9-11(12)5-1;5-3-1-2-4(6)7-3;/h1-8,13-16H;1-10H;1-2H;1H4. The zero-order valence-electron chi connectivity index (χ0n) is 22.3. The minimum atomic E-state index is -0.579. The molecule has 3 aliphatic carbocycles. The van der Waals surface area contributed by atoms with Gasteiger partial charge in [-0.3, -0.25) is 9.59 Å². The zero-order valence-corrected chi connectivity index (χ0v) is 22.3. The fraction of sp³-hybridized carbons (Fsp3) is 0.135. The number of hydrogen-bond donors (Lipinski definition) is 0. The van der Waals surface area contributed by atoms with Gasteiger partial charge >= 0.3 is 23.9 Å². The van der Waals surface area contributed by atoms with Crippen molar-refractivity contribution >= 4 is 45.4 Å². The van der Waals surface area contributed by atoms with Gasteiger partial charge < -0.3 is 9.47 Å². The number of hydrogen-bond acceptors (Lipinski definition) is 6. The van der Waals surface area contributed by atoms with Gasteiger partial charge in [0.2, 0.25) is 0 Å². The quantitative estimate of drug-likeness (QED) is 0.115. The van der Waals surface area contributed by atoms with Crippen molar-refractivity contribution in [3.05, 3.63) is 144 Å². The van der Waals surface area contributed by atoms with E-state index in [2.05, 4.69) is 89.7 Å². The van der Waals surface area contributed by atoms with E-state index < -0.39 is 11.9 Å². The van der Waals surface area contributed by atoms with Crippen LogP contribution in [0.25, 0.3) is 21.5 Å². The van der Waals surface area contributed by atoms with Crippen LogP contribution in [0.15, 0.2) is 121 Å². The molecule has 2 heterocycles. The van der Waals surface area contributed by atoms with Gasteiger partial charge in [-0.25, -0.2) is 9.59 Å². The molecule has 0 saturated carbocycles. The Morgan fingerprint density at radius 2 is 0.721 bits per heavy atom. The topological polar surface area (TPSA) is 86.7 Å². The van der Waals surface area contributed by atoms with Crippen molar-refractivity contribution in [2.75, 3.05) is 0 Å². The number of rotatable bonds is 0. The molecule has 0 radical (unpaired) electrons. The molecule has 2 aliphatic heterocycles. The van der Waals surface area contributed by atoms with Crippen molar-refractivity contribution in [1.29, 1.82) is 0 Å². The maximum Gasteiger partial charge on any atom is 0.338 e. The fourth-order valence-corrected chi connectivity index (χ4v) is 6.66. The number of carbonyl (C=O) groups excluding carboxylic acids is 4. The van der Waals surface area contributed by atoms with Crippen LogP contribution in [0.1, 0.15) is 41.5 Å².